The van der Waals surface area contributed by atoms with Crippen molar-refractivity contribution in [3.8, 4) is 0 Å². The molecular formula is C11H13NOS. The number of ketones is 1. The van der Waals surface area contributed by atoms with Crippen LogP contribution in [0.3, 0.4) is 0 Å². The molecule has 1 saturated carbocycles. The van der Waals surface area contributed by atoms with E-state index in [1.165, 1.54) is 17.5 Å². The van der Waals surface area contributed by atoms with Crippen molar-refractivity contribution < 1.29 is 4.79 Å². The van der Waals surface area contributed by atoms with E-state index in [2.05, 4.69) is 12.1 Å². The zero-order valence-corrected chi connectivity index (χ0v) is 8.88. The molecule has 1 aromatic carbocycles. The highest BCUT2D eigenvalue weighted by Crippen LogP contribution is 2.47. The molecule has 0 bridgehead atoms. The molecule has 14 heavy (non-hydrogen) atoms. The van der Waals surface area contributed by atoms with Gasteiger partial charge in [0.25, 0.3) is 0 Å². The average molecular weight is 207 g/mol. The van der Waals surface area contributed by atoms with E-state index < -0.39 is 0 Å². The molecule has 1 aliphatic rings. The van der Waals surface area contributed by atoms with E-state index in [1.807, 2.05) is 12.1 Å². The lowest BCUT2D eigenvalue weighted by atomic mass is 10.1. The Morgan fingerprint density at radius 2 is 2.07 bits per heavy atom. The number of benzene rings is 1. The van der Waals surface area contributed by atoms with Crippen LogP contribution in [-0.2, 0) is 4.79 Å². The van der Waals surface area contributed by atoms with Crippen LogP contribution in [0.5, 0.6) is 0 Å². The summed E-state index contributed by atoms with van der Waals surface area (Å²) in [6.45, 7) is 1.68. The lowest BCUT2D eigenvalue weighted by molar-refractivity contribution is -0.118. The summed E-state index contributed by atoms with van der Waals surface area (Å²) in [6, 6.07) is 8.16. The van der Waals surface area contributed by atoms with Crippen LogP contribution in [0.15, 0.2) is 29.2 Å². The van der Waals surface area contributed by atoms with Crippen LogP contribution in [0.4, 0.5) is 0 Å². The van der Waals surface area contributed by atoms with Gasteiger partial charge in [0.2, 0.25) is 0 Å². The number of Topliss-reactive ketones (excluding diaryl/α,β-unsaturated/α-hetero) is 1. The molecule has 2 atom stereocenters. The number of nitrogens with two attached hydrogens (primary N) is 1. The standard InChI is InChI=1S/C11H13NOS/c1-7(13)10-6-11(10)8-2-4-9(14-12)5-3-8/h2-5,10-11H,6,12H2,1H3. The van der Waals surface area contributed by atoms with Gasteiger partial charge in [-0.2, -0.15) is 0 Å². The molecule has 1 aromatic rings. The van der Waals surface area contributed by atoms with Gasteiger partial charge in [0.05, 0.1) is 0 Å². The molecule has 0 heterocycles. The van der Waals surface area contributed by atoms with Crippen molar-refractivity contribution in [3.05, 3.63) is 29.8 Å². The lowest BCUT2D eigenvalue weighted by Gasteiger charge is -2.00. The van der Waals surface area contributed by atoms with Gasteiger partial charge in [-0.05, 0) is 48.9 Å². The first-order valence-corrected chi connectivity index (χ1v) is 5.57. The summed E-state index contributed by atoms with van der Waals surface area (Å²) in [5, 5.41) is 5.43. The van der Waals surface area contributed by atoms with E-state index in [0.29, 0.717) is 11.7 Å². The van der Waals surface area contributed by atoms with Gasteiger partial charge >= 0.3 is 0 Å². The first-order valence-electron chi connectivity index (χ1n) is 4.69. The molecule has 0 aromatic heterocycles. The van der Waals surface area contributed by atoms with Gasteiger partial charge in [0.15, 0.2) is 0 Å². The summed E-state index contributed by atoms with van der Waals surface area (Å²) in [6.07, 6.45) is 1.02. The van der Waals surface area contributed by atoms with E-state index in [4.69, 9.17) is 5.14 Å². The molecule has 2 rings (SSSR count). The summed E-state index contributed by atoms with van der Waals surface area (Å²) in [4.78, 5) is 12.2. The van der Waals surface area contributed by atoms with Crippen LogP contribution in [0.2, 0.25) is 0 Å². The predicted octanol–water partition coefficient (Wildman–Crippen LogP) is 2.34. The van der Waals surface area contributed by atoms with Crippen molar-refractivity contribution in [2.24, 2.45) is 11.1 Å². The molecule has 0 saturated heterocycles. The van der Waals surface area contributed by atoms with E-state index in [0.717, 1.165) is 11.3 Å². The van der Waals surface area contributed by atoms with E-state index in [9.17, 15) is 4.79 Å². The fourth-order valence-corrected chi connectivity index (χ4v) is 2.10. The Bertz CT molecular complexity index is 347. The Hall–Kier alpha value is -0.800. The van der Waals surface area contributed by atoms with Gasteiger partial charge in [0, 0.05) is 10.8 Å². The molecule has 0 spiro atoms. The highest BCUT2D eigenvalue weighted by Gasteiger charge is 2.41. The van der Waals surface area contributed by atoms with Crippen molar-refractivity contribution in [1.29, 1.82) is 0 Å². The van der Waals surface area contributed by atoms with Gasteiger partial charge < -0.3 is 0 Å². The monoisotopic (exact) mass is 207 g/mol. The van der Waals surface area contributed by atoms with E-state index in [-0.39, 0.29) is 5.92 Å². The Morgan fingerprint density at radius 3 is 2.50 bits per heavy atom. The van der Waals surface area contributed by atoms with Crippen molar-refractivity contribution in [1.82, 2.24) is 0 Å². The molecule has 74 valence electrons. The summed E-state index contributed by atoms with van der Waals surface area (Å²) < 4.78 is 0. The second-order valence-electron chi connectivity index (χ2n) is 3.75. The number of carbonyl (C=O) groups is 1. The Labute approximate surface area is 88.0 Å². The lowest BCUT2D eigenvalue weighted by Crippen LogP contribution is -1.94. The number of rotatable bonds is 3. The second kappa shape index (κ2) is 3.75. The topological polar surface area (TPSA) is 43.1 Å². The minimum atomic E-state index is 0.270. The van der Waals surface area contributed by atoms with Crippen LogP contribution < -0.4 is 5.14 Å². The third-order valence-electron chi connectivity index (χ3n) is 2.76. The van der Waals surface area contributed by atoms with E-state index >= 15 is 0 Å². The molecule has 3 heteroatoms. The largest absolute Gasteiger partial charge is 0.300 e. The number of carbonyl (C=O) groups excluding carboxylic acids is 1. The molecule has 0 radical (unpaired) electrons. The van der Waals surface area contributed by atoms with Crippen LogP contribution in [0.1, 0.15) is 24.8 Å². The smallest absolute Gasteiger partial charge is 0.133 e. The Balaban J connectivity index is 2.08. The van der Waals surface area contributed by atoms with Crippen LogP contribution in [0.25, 0.3) is 0 Å². The van der Waals surface area contributed by atoms with Crippen molar-refractivity contribution in [2.75, 3.05) is 0 Å². The maximum atomic E-state index is 11.1. The summed E-state index contributed by atoms with van der Waals surface area (Å²) >= 11 is 1.25. The summed E-state index contributed by atoms with van der Waals surface area (Å²) in [5.74, 6) is 1.04. The van der Waals surface area contributed by atoms with Gasteiger partial charge in [-0.15, -0.1) is 0 Å². The van der Waals surface area contributed by atoms with Crippen molar-refractivity contribution in [3.63, 3.8) is 0 Å². The molecule has 0 aliphatic heterocycles. The zero-order chi connectivity index (χ0) is 10.1. The minimum Gasteiger partial charge on any atom is -0.300 e. The zero-order valence-electron chi connectivity index (χ0n) is 8.07. The summed E-state index contributed by atoms with van der Waals surface area (Å²) in [5.41, 5.74) is 1.27. The molecule has 1 aliphatic carbocycles. The Morgan fingerprint density at radius 1 is 1.43 bits per heavy atom. The maximum Gasteiger partial charge on any atom is 0.133 e. The minimum absolute atomic E-state index is 0.270. The quantitative estimate of drug-likeness (QED) is 0.774. The number of hydrogen-bond donors (Lipinski definition) is 1. The van der Waals surface area contributed by atoms with Crippen LogP contribution >= 0.6 is 11.9 Å². The van der Waals surface area contributed by atoms with Crippen LogP contribution in [0, 0.1) is 5.92 Å². The van der Waals surface area contributed by atoms with Gasteiger partial charge in [-0.25, -0.2) is 0 Å². The second-order valence-corrected chi connectivity index (χ2v) is 4.45. The number of hydrogen-bond acceptors (Lipinski definition) is 3. The molecule has 0 amide bonds. The van der Waals surface area contributed by atoms with Gasteiger partial charge in [-0.3, -0.25) is 9.93 Å². The van der Waals surface area contributed by atoms with Crippen molar-refractivity contribution in [2.45, 2.75) is 24.2 Å². The third kappa shape index (κ3) is 1.83. The average Bonchev–Trinajstić information content (AvgIpc) is 2.97. The Kier molecular flexibility index (Phi) is 2.61. The predicted molar refractivity (Wildman–Crippen MR) is 58.0 cm³/mol. The third-order valence-corrected chi connectivity index (χ3v) is 3.30. The van der Waals surface area contributed by atoms with Crippen LogP contribution in [-0.4, -0.2) is 5.78 Å². The highest BCUT2D eigenvalue weighted by atomic mass is 32.2. The fourth-order valence-electron chi connectivity index (χ4n) is 1.81. The van der Waals surface area contributed by atoms with Gasteiger partial charge in [-0.1, -0.05) is 12.1 Å². The van der Waals surface area contributed by atoms with E-state index in [1.54, 1.807) is 6.92 Å². The molecule has 2 nitrogen and oxygen atoms in total. The molecule has 2 N–H and O–H groups in total. The highest BCUT2D eigenvalue weighted by molar-refractivity contribution is 7.97. The summed E-state index contributed by atoms with van der Waals surface area (Å²) in [7, 11) is 0. The normalized spacial score (nSPS) is 24.7. The van der Waals surface area contributed by atoms with Crippen molar-refractivity contribution >= 4 is 17.7 Å². The van der Waals surface area contributed by atoms with Gasteiger partial charge in [0.1, 0.15) is 5.78 Å². The molecule has 2 unspecified atom stereocenters. The molecular weight excluding hydrogens is 194 g/mol. The maximum absolute atomic E-state index is 11.1. The molecule has 1 fully saturated rings. The first kappa shape index (κ1) is 9.74. The fraction of sp³-hybridized carbons (Fsp3) is 0.364. The first-order chi connectivity index (χ1) is 6.72. The SMILES string of the molecule is CC(=O)C1CC1c1ccc(SN)cc1.